The number of piperazine rings is 1. The number of halogens is 4. The fourth-order valence-electron chi connectivity index (χ4n) is 2.68. The van der Waals surface area contributed by atoms with Crippen LogP contribution in [0.3, 0.4) is 0 Å². The summed E-state index contributed by atoms with van der Waals surface area (Å²) in [5.41, 5.74) is 1.08. The third-order valence-electron chi connectivity index (χ3n) is 3.60. The van der Waals surface area contributed by atoms with E-state index in [2.05, 4.69) is 40.0 Å². The lowest BCUT2D eigenvalue weighted by Gasteiger charge is -2.36. The summed E-state index contributed by atoms with van der Waals surface area (Å²) in [6, 6.07) is 5.31. The van der Waals surface area contributed by atoms with Gasteiger partial charge >= 0.3 is 0 Å². The lowest BCUT2D eigenvalue weighted by molar-refractivity contribution is 0.153. The molecule has 21 heavy (non-hydrogen) atoms. The quantitative estimate of drug-likeness (QED) is 0.802. The predicted octanol–water partition coefficient (Wildman–Crippen LogP) is 4.42. The van der Waals surface area contributed by atoms with E-state index in [4.69, 9.17) is 0 Å². The van der Waals surface area contributed by atoms with Crippen LogP contribution in [-0.2, 0) is 0 Å². The highest BCUT2D eigenvalue weighted by Crippen LogP contribution is 2.33. The van der Waals surface area contributed by atoms with Crippen LogP contribution in [0.15, 0.2) is 22.7 Å². The average molecular weight is 402 g/mol. The molecule has 1 aliphatic rings. The Bertz CT molecular complexity index is 426. The van der Waals surface area contributed by atoms with Crippen molar-refractivity contribution >= 4 is 40.7 Å². The first kappa shape index (κ1) is 21.1. The SMILES string of the molecule is CC(C)C[C@H](c1cc(F)ccc1Br)N1CCNCC1.Cl.Cl. The van der Waals surface area contributed by atoms with Crippen molar-refractivity contribution in [2.24, 2.45) is 5.92 Å². The van der Waals surface area contributed by atoms with Gasteiger partial charge in [-0.2, -0.15) is 0 Å². The topological polar surface area (TPSA) is 15.3 Å². The highest BCUT2D eigenvalue weighted by Gasteiger charge is 2.24. The van der Waals surface area contributed by atoms with E-state index < -0.39 is 0 Å². The number of nitrogens with one attached hydrogen (secondary N) is 1. The first-order valence-corrected chi connectivity index (χ1v) is 7.77. The van der Waals surface area contributed by atoms with Gasteiger partial charge in [-0.3, -0.25) is 4.90 Å². The Hall–Kier alpha value is 0.130. The Balaban J connectivity index is 0.00000200. The summed E-state index contributed by atoms with van der Waals surface area (Å²) >= 11 is 3.58. The van der Waals surface area contributed by atoms with Crippen molar-refractivity contribution in [3.63, 3.8) is 0 Å². The molecule has 0 bridgehead atoms. The maximum Gasteiger partial charge on any atom is 0.123 e. The molecule has 1 heterocycles. The van der Waals surface area contributed by atoms with Crippen LogP contribution in [0.25, 0.3) is 0 Å². The van der Waals surface area contributed by atoms with Crippen molar-refractivity contribution in [1.29, 1.82) is 0 Å². The third kappa shape index (κ3) is 6.03. The Morgan fingerprint density at radius 1 is 1.24 bits per heavy atom. The van der Waals surface area contributed by atoms with E-state index in [1.165, 1.54) is 6.07 Å². The summed E-state index contributed by atoms with van der Waals surface area (Å²) in [6.07, 6.45) is 1.06. The molecule has 0 radical (unpaired) electrons. The minimum atomic E-state index is -0.151. The lowest BCUT2D eigenvalue weighted by atomic mass is 9.95. The molecular weight excluding hydrogens is 378 g/mol. The molecule has 1 aromatic rings. The van der Waals surface area contributed by atoms with Crippen molar-refractivity contribution in [1.82, 2.24) is 10.2 Å². The molecule has 2 rings (SSSR count). The molecule has 0 unspecified atom stereocenters. The second-order valence-electron chi connectivity index (χ2n) is 5.60. The van der Waals surface area contributed by atoms with E-state index in [0.717, 1.165) is 42.6 Å². The zero-order valence-electron chi connectivity index (χ0n) is 12.4. The lowest BCUT2D eigenvalue weighted by Crippen LogP contribution is -2.45. The number of hydrogen-bond acceptors (Lipinski definition) is 2. The maximum absolute atomic E-state index is 13.6. The Kier molecular flexibility index (Phi) is 10.1. The largest absolute Gasteiger partial charge is 0.314 e. The van der Waals surface area contributed by atoms with Gasteiger partial charge < -0.3 is 5.32 Å². The minimum absolute atomic E-state index is 0. The van der Waals surface area contributed by atoms with Gasteiger partial charge in [0.05, 0.1) is 0 Å². The first-order valence-electron chi connectivity index (χ1n) is 6.97. The van der Waals surface area contributed by atoms with E-state index in [1.54, 1.807) is 6.07 Å². The fraction of sp³-hybridized carbons (Fsp3) is 0.600. The molecule has 1 aliphatic heterocycles. The van der Waals surface area contributed by atoms with Gasteiger partial charge in [0.1, 0.15) is 5.82 Å². The van der Waals surface area contributed by atoms with Crippen LogP contribution in [-0.4, -0.2) is 31.1 Å². The van der Waals surface area contributed by atoms with E-state index in [-0.39, 0.29) is 30.6 Å². The van der Waals surface area contributed by atoms with Gasteiger partial charge in [-0.1, -0.05) is 29.8 Å². The number of hydrogen-bond donors (Lipinski definition) is 1. The summed E-state index contributed by atoms with van der Waals surface area (Å²) in [5, 5.41) is 3.37. The fourth-order valence-corrected chi connectivity index (χ4v) is 3.19. The molecule has 1 N–H and O–H groups in total. The van der Waals surface area contributed by atoms with Crippen LogP contribution in [0.4, 0.5) is 4.39 Å². The average Bonchev–Trinajstić information content (AvgIpc) is 2.40. The van der Waals surface area contributed by atoms with Crippen LogP contribution in [0.1, 0.15) is 31.9 Å². The first-order chi connectivity index (χ1) is 9.08. The van der Waals surface area contributed by atoms with Gasteiger partial charge in [-0.25, -0.2) is 4.39 Å². The molecule has 0 aliphatic carbocycles. The van der Waals surface area contributed by atoms with Crippen molar-refractivity contribution in [2.75, 3.05) is 26.2 Å². The standard InChI is InChI=1S/C15H22BrFN2.2ClH/c1-11(2)9-15(19-7-5-18-6-8-19)13-10-12(17)3-4-14(13)16;;/h3-4,10-11,15,18H,5-9H2,1-2H3;2*1H/t15-;;/m1../s1. The van der Waals surface area contributed by atoms with Crippen molar-refractivity contribution in [3.8, 4) is 0 Å². The molecule has 1 fully saturated rings. The van der Waals surface area contributed by atoms with Crippen molar-refractivity contribution in [3.05, 3.63) is 34.1 Å². The maximum atomic E-state index is 13.6. The highest BCUT2D eigenvalue weighted by molar-refractivity contribution is 9.10. The normalized spacial score (nSPS) is 17.0. The Morgan fingerprint density at radius 2 is 1.86 bits per heavy atom. The molecule has 6 heteroatoms. The molecule has 0 amide bonds. The second-order valence-corrected chi connectivity index (χ2v) is 6.45. The zero-order valence-corrected chi connectivity index (χ0v) is 15.7. The predicted molar refractivity (Wildman–Crippen MR) is 95.2 cm³/mol. The monoisotopic (exact) mass is 400 g/mol. The number of nitrogens with zero attached hydrogens (tertiary/aromatic N) is 1. The third-order valence-corrected chi connectivity index (χ3v) is 4.33. The highest BCUT2D eigenvalue weighted by atomic mass is 79.9. The molecule has 0 saturated carbocycles. The second kappa shape index (κ2) is 10.0. The Labute approximate surface area is 147 Å². The van der Waals surface area contributed by atoms with E-state index in [1.807, 2.05) is 6.07 Å². The van der Waals surface area contributed by atoms with Crippen LogP contribution in [0.5, 0.6) is 0 Å². The van der Waals surface area contributed by atoms with Crippen molar-refractivity contribution in [2.45, 2.75) is 26.3 Å². The van der Waals surface area contributed by atoms with Gasteiger partial charge in [-0.15, -0.1) is 24.8 Å². The van der Waals surface area contributed by atoms with Gasteiger partial charge in [0, 0.05) is 36.7 Å². The van der Waals surface area contributed by atoms with Gasteiger partial charge in [0.2, 0.25) is 0 Å². The molecule has 122 valence electrons. The van der Waals surface area contributed by atoms with Crippen LogP contribution in [0, 0.1) is 11.7 Å². The number of rotatable bonds is 4. The van der Waals surface area contributed by atoms with Crippen LogP contribution < -0.4 is 5.32 Å². The van der Waals surface area contributed by atoms with Gasteiger partial charge in [0.15, 0.2) is 0 Å². The summed E-state index contributed by atoms with van der Waals surface area (Å²) < 4.78 is 14.6. The van der Waals surface area contributed by atoms with Crippen LogP contribution >= 0.6 is 40.7 Å². The molecule has 2 nitrogen and oxygen atoms in total. The molecule has 1 atom stereocenters. The molecule has 0 aromatic heterocycles. The summed E-state index contributed by atoms with van der Waals surface area (Å²) in [6.45, 7) is 8.54. The zero-order chi connectivity index (χ0) is 13.8. The number of benzene rings is 1. The summed E-state index contributed by atoms with van der Waals surface area (Å²) in [7, 11) is 0. The van der Waals surface area contributed by atoms with Crippen molar-refractivity contribution < 1.29 is 4.39 Å². The summed E-state index contributed by atoms with van der Waals surface area (Å²) in [4.78, 5) is 2.47. The molecule has 1 saturated heterocycles. The molecule has 1 aromatic carbocycles. The van der Waals surface area contributed by atoms with Gasteiger partial charge in [0.25, 0.3) is 0 Å². The minimum Gasteiger partial charge on any atom is -0.314 e. The smallest absolute Gasteiger partial charge is 0.123 e. The van der Waals surface area contributed by atoms with E-state index in [0.29, 0.717) is 12.0 Å². The summed E-state index contributed by atoms with van der Waals surface area (Å²) in [5.74, 6) is 0.442. The van der Waals surface area contributed by atoms with Crippen LogP contribution in [0.2, 0.25) is 0 Å². The molecular formula is C15H24BrCl2FN2. The molecule has 0 spiro atoms. The Morgan fingerprint density at radius 3 is 2.43 bits per heavy atom. The van der Waals surface area contributed by atoms with E-state index >= 15 is 0 Å². The van der Waals surface area contributed by atoms with E-state index in [9.17, 15) is 4.39 Å². The van der Waals surface area contributed by atoms with Gasteiger partial charge in [-0.05, 0) is 36.1 Å².